The van der Waals surface area contributed by atoms with Crippen LogP contribution in [-0.2, 0) is 4.79 Å². The van der Waals surface area contributed by atoms with Crippen molar-refractivity contribution in [2.24, 2.45) is 5.41 Å². The topological polar surface area (TPSA) is 32.3 Å². The van der Waals surface area contributed by atoms with Crippen LogP contribution in [0.1, 0.15) is 33.1 Å². The summed E-state index contributed by atoms with van der Waals surface area (Å²) < 4.78 is 0. The number of carbonyl (C=O) groups excluding carboxylic acids is 1. The molecule has 94 valence electrons. The quantitative estimate of drug-likeness (QED) is 0.457. The lowest BCUT2D eigenvalue weighted by Crippen LogP contribution is -2.36. The molecule has 3 nitrogen and oxygen atoms in total. The van der Waals surface area contributed by atoms with E-state index in [9.17, 15) is 4.79 Å². The third-order valence-electron chi connectivity index (χ3n) is 3.53. The van der Waals surface area contributed by atoms with Crippen molar-refractivity contribution < 1.29 is 4.79 Å². The van der Waals surface area contributed by atoms with Crippen LogP contribution in [0.2, 0.25) is 0 Å². The molecule has 0 spiro atoms. The zero-order valence-electron chi connectivity index (χ0n) is 11.0. The number of rotatable bonds is 10. The fourth-order valence-corrected chi connectivity index (χ4v) is 1.94. The molecule has 1 amide bonds. The van der Waals surface area contributed by atoms with Crippen molar-refractivity contribution >= 4 is 6.41 Å². The van der Waals surface area contributed by atoms with Gasteiger partial charge in [0.1, 0.15) is 0 Å². The van der Waals surface area contributed by atoms with Gasteiger partial charge in [0.05, 0.1) is 0 Å². The van der Waals surface area contributed by atoms with E-state index in [2.05, 4.69) is 37.7 Å². The number of hydrogen-bond acceptors (Lipinski definition) is 2. The maximum atomic E-state index is 10.4. The van der Waals surface area contributed by atoms with Crippen LogP contribution < -0.4 is 5.32 Å². The van der Waals surface area contributed by atoms with Crippen molar-refractivity contribution in [1.29, 1.82) is 0 Å². The molecule has 0 aliphatic heterocycles. The summed E-state index contributed by atoms with van der Waals surface area (Å²) in [6.45, 7) is 10.9. The van der Waals surface area contributed by atoms with Crippen LogP contribution >= 0.6 is 0 Å². The zero-order chi connectivity index (χ0) is 12.4. The molecule has 0 unspecified atom stereocenters. The Morgan fingerprint density at radius 3 is 2.44 bits per heavy atom. The number of nitrogens with zero attached hydrogens (tertiary/aromatic N) is 1. The summed E-state index contributed by atoms with van der Waals surface area (Å²) in [6.07, 6.45) is 6.04. The zero-order valence-corrected chi connectivity index (χ0v) is 11.0. The van der Waals surface area contributed by atoms with Crippen LogP contribution in [0.5, 0.6) is 0 Å². The molecule has 0 fully saturated rings. The average Bonchev–Trinajstić information content (AvgIpc) is 2.31. The molecule has 3 heteroatoms. The summed E-state index contributed by atoms with van der Waals surface area (Å²) in [7, 11) is 2.10. The highest BCUT2D eigenvalue weighted by atomic mass is 16.1. The van der Waals surface area contributed by atoms with E-state index in [0.29, 0.717) is 0 Å². The van der Waals surface area contributed by atoms with Crippen LogP contribution in [0.4, 0.5) is 0 Å². The molecule has 0 radical (unpaired) electrons. The molecule has 0 atom stereocenters. The third kappa shape index (κ3) is 5.31. The van der Waals surface area contributed by atoms with Crippen LogP contribution in [0, 0.1) is 5.41 Å². The SMILES string of the molecule is C=CCN(C)CCC(CC)(CC)CNC=O. The standard InChI is InChI=1S/C13H26N2O/c1-5-9-15(4)10-8-13(6-2,7-3)11-14-12-16/h5,12H,1,6-11H2,2-4H3,(H,14,16). The molecule has 0 rings (SSSR count). The van der Waals surface area contributed by atoms with Gasteiger partial charge >= 0.3 is 0 Å². The van der Waals surface area contributed by atoms with Crippen LogP contribution in [0.15, 0.2) is 12.7 Å². The minimum Gasteiger partial charge on any atom is -0.358 e. The molecular weight excluding hydrogens is 200 g/mol. The maximum absolute atomic E-state index is 10.4. The molecule has 0 aliphatic rings. The molecule has 16 heavy (non-hydrogen) atoms. The van der Waals surface area contributed by atoms with Gasteiger partial charge in [0, 0.05) is 13.1 Å². The van der Waals surface area contributed by atoms with Crippen molar-refractivity contribution in [1.82, 2.24) is 10.2 Å². The van der Waals surface area contributed by atoms with Gasteiger partial charge in [-0.05, 0) is 38.3 Å². The molecule has 1 N–H and O–H groups in total. The van der Waals surface area contributed by atoms with Gasteiger partial charge in [0.15, 0.2) is 0 Å². The first-order chi connectivity index (χ1) is 7.64. The first-order valence-corrected chi connectivity index (χ1v) is 6.10. The van der Waals surface area contributed by atoms with Crippen LogP contribution in [0.3, 0.4) is 0 Å². The number of likely N-dealkylation sites (N-methyl/N-ethyl adjacent to an activating group) is 1. The van der Waals surface area contributed by atoms with Gasteiger partial charge in [0.2, 0.25) is 6.41 Å². The maximum Gasteiger partial charge on any atom is 0.207 e. The monoisotopic (exact) mass is 226 g/mol. The molecule has 0 aliphatic carbocycles. The second kappa shape index (κ2) is 8.34. The number of amides is 1. The predicted octanol–water partition coefficient (Wildman–Crippen LogP) is 2.05. The Kier molecular flexibility index (Phi) is 7.90. The highest BCUT2D eigenvalue weighted by molar-refractivity contribution is 5.45. The number of nitrogens with one attached hydrogen (secondary N) is 1. The number of hydrogen-bond donors (Lipinski definition) is 1. The van der Waals surface area contributed by atoms with Gasteiger partial charge in [-0.25, -0.2) is 0 Å². The van der Waals surface area contributed by atoms with Gasteiger partial charge in [-0.15, -0.1) is 6.58 Å². The van der Waals surface area contributed by atoms with Crippen molar-refractivity contribution in [2.45, 2.75) is 33.1 Å². The van der Waals surface area contributed by atoms with Crippen molar-refractivity contribution in [2.75, 3.05) is 26.7 Å². The minimum absolute atomic E-state index is 0.246. The first kappa shape index (κ1) is 15.2. The Morgan fingerprint density at radius 2 is 2.00 bits per heavy atom. The molecule has 0 saturated carbocycles. The van der Waals surface area contributed by atoms with E-state index in [0.717, 1.165) is 45.3 Å². The van der Waals surface area contributed by atoms with E-state index in [1.165, 1.54) is 0 Å². The van der Waals surface area contributed by atoms with E-state index in [1.807, 2.05) is 6.08 Å². The molecule has 0 aromatic heterocycles. The lowest BCUT2D eigenvalue weighted by atomic mass is 9.79. The highest BCUT2D eigenvalue weighted by Crippen LogP contribution is 2.29. The molecule has 0 aromatic carbocycles. The Hall–Kier alpha value is -0.830. The van der Waals surface area contributed by atoms with E-state index >= 15 is 0 Å². The summed E-state index contributed by atoms with van der Waals surface area (Å²) in [4.78, 5) is 12.6. The van der Waals surface area contributed by atoms with E-state index in [4.69, 9.17) is 0 Å². The summed E-state index contributed by atoms with van der Waals surface area (Å²) in [5, 5.41) is 2.83. The normalized spacial score (nSPS) is 11.5. The van der Waals surface area contributed by atoms with Crippen molar-refractivity contribution in [3.8, 4) is 0 Å². The second-order valence-electron chi connectivity index (χ2n) is 4.51. The largest absolute Gasteiger partial charge is 0.358 e. The Bertz CT molecular complexity index is 200. The molecular formula is C13H26N2O. The van der Waals surface area contributed by atoms with Crippen molar-refractivity contribution in [3.05, 3.63) is 12.7 Å². The minimum atomic E-state index is 0.246. The lowest BCUT2D eigenvalue weighted by Gasteiger charge is -2.33. The molecule has 0 aromatic rings. The van der Waals surface area contributed by atoms with Crippen LogP contribution in [0.25, 0.3) is 0 Å². The summed E-state index contributed by atoms with van der Waals surface area (Å²) >= 11 is 0. The van der Waals surface area contributed by atoms with Crippen LogP contribution in [-0.4, -0.2) is 38.0 Å². The Morgan fingerprint density at radius 1 is 1.38 bits per heavy atom. The van der Waals surface area contributed by atoms with E-state index < -0.39 is 0 Å². The Balaban J connectivity index is 4.19. The van der Waals surface area contributed by atoms with Gasteiger partial charge in [0.25, 0.3) is 0 Å². The van der Waals surface area contributed by atoms with Crippen molar-refractivity contribution in [3.63, 3.8) is 0 Å². The van der Waals surface area contributed by atoms with E-state index in [1.54, 1.807) is 0 Å². The lowest BCUT2D eigenvalue weighted by molar-refractivity contribution is -0.110. The molecule has 0 saturated heterocycles. The Labute approximate surface area is 99.9 Å². The second-order valence-corrected chi connectivity index (χ2v) is 4.51. The average molecular weight is 226 g/mol. The fraction of sp³-hybridized carbons (Fsp3) is 0.769. The molecule has 0 bridgehead atoms. The summed E-state index contributed by atoms with van der Waals surface area (Å²) in [5.74, 6) is 0. The highest BCUT2D eigenvalue weighted by Gasteiger charge is 2.25. The number of carbonyl (C=O) groups is 1. The van der Waals surface area contributed by atoms with Gasteiger partial charge in [-0.2, -0.15) is 0 Å². The first-order valence-electron chi connectivity index (χ1n) is 6.10. The van der Waals surface area contributed by atoms with Gasteiger partial charge in [-0.3, -0.25) is 4.79 Å². The fourth-order valence-electron chi connectivity index (χ4n) is 1.94. The third-order valence-corrected chi connectivity index (χ3v) is 3.53. The summed E-state index contributed by atoms with van der Waals surface area (Å²) in [6, 6.07) is 0. The smallest absolute Gasteiger partial charge is 0.207 e. The summed E-state index contributed by atoms with van der Waals surface area (Å²) in [5.41, 5.74) is 0.246. The van der Waals surface area contributed by atoms with Gasteiger partial charge < -0.3 is 10.2 Å². The molecule has 0 heterocycles. The predicted molar refractivity (Wildman–Crippen MR) is 69.4 cm³/mol. The van der Waals surface area contributed by atoms with E-state index in [-0.39, 0.29) is 5.41 Å². The van der Waals surface area contributed by atoms with Gasteiger partial charge in [-0.1, -0.05) is 19.9 Å².